The van der Waals surface area contributed by atoms with Crippen molar-refractivity contribution < 1.29 is 23.8 Å². The predicted molar refractivity (Wildman–Crippen MR) is 312 cm³/mol. The maximum absolute atomic E-state index is 15.2. The van der Waals surface area contributed by atoms with Crippen LogP contribution in [0.15, 0.2) is 146 Å². The van der Waals surface area contributed by atoms with Crippen molar-refractivity contribution in [3.05, 3.63) is 127 Å². The van der Waals surface area contributed by atoms with E-state index in [1.165, 1.54) is 6.20 Å². The van der Waals surface area contributed by atoms with Gasteiger partial charge in [-0.1, -0.05) is 100 Å². The van der Waals surface area contributed by atoms with Crippen LogP contribution >= 0.6 is 0 Å². The molecule has 416 valence electrons. The van der Waals surface area contributed by atoms with E-state index in [1.54, 1.807) is 12.1 Å². The van der Waals surface area contributed by atoms with E-state index in [0.717, 1.165) is 36.2 Å². The van der Waals surface area contributed by atoms with Gasteiger partial charge in [-0.2, -0.15) is 30.8 Å². The Kier molecular flexibility index (Phi) is 21.7. The van der Waals surface area contributed by atoms with Gasteiger partial charge in [-0.3, -0.25) is 9.59 Å². The van der Waals surface area contributed by atoms with Crippen molar-refractivity contribution in [2.24, 2.45) is 63.2 Å². The first-order valence-corrected chi connectivity index (χ1v) is 27.8. The number of esters is 2. The first-order chi connectivity index (χ1) is 37.1. The monoisotopic (exact) mass is 1060 g/mol. The molecule has 0 saturated heterocycles. The van der Waals surface area contributed by atoms with Crippen LogP contribution in [0.2, 0.25) is 0 Å². The summed E-state index contributed by atoms with van der Waals surface area (Å²) >= 11 is 0. The second-order valence-electron chi connectivity index (χ2n) is 22.6. The summed E-state index contributed by atoms with van der Waals surface area (Å²) < 4.78 is 19.0. The number of likely N-dealkylation sites (N-methyl/N-ethyl adjacent to an activating group) is 1. The van der Waals surface area contributed by atoms with E-state index < -0.39 is 27.1 Å². The third-order valence-corrected chi connectivity index (χ3v) is 17.2. The minimum atomic E-state index is -0.934. The Labute approximate surface area is 465 Å². The van der Waals surface area contributed by atoms with E-state index in [2.05, 4.69) is 131 Å². The molecule has 0 bridgehead atoms. The van der Waals surface area contributed by atoms with Crippen LogP contribution < -0.4 is 9.64 Å². The maximum atomic E-state index is 15.2. The van der Waals surface area contributed by atoms with Gasteiger partial charge >= 0.3 is 11.9 Å². The molecule has 5 aromatic rings. The molecule has 0 spiro atoms. The average Bonchev–Trinajstić information content (AvgIpc) is 3.47. The topological polar surface area (TPSA) is 176 Å². The number of carbonyl (C=O) groups is 2. The van der Waals surface area contributed by atoms with Crippen LogP contribution in [0.1, 0.15) is 146 Å². The van der Waals surface area contributed by atoms with Crippen LogP contribution in [0.5, 0.6) is 5.75 Å². The summed E-state index contributed by atoms with van der Waals surface area (Å²) in [5, 5.41) is 35.1. The molecule has 0 aliphatic rings. The number of azo groups is 3. The van der Waals surface area contributed by atoms with Gasteiger partial charge in [0.05, 0.1) is 52.0 Å². The van der Waals surface area contributed by atoms with Gasteiger partial charge in [-0.25, -0.2) is 4.98 Å². The summed E-state index contributed by atoms with van der Waals surface area (Å²) in [6, 6.07) is 35.7. The van der Waals surface area contributed by atoms with Crippen molar-refractivity contribution in [2.45, 2.75) is 142 Å². The van der Waals surface area contributed by atoms with E-state index in [0.29, 0.717) is 78.7 Å². The molecule has 78 heavy (non-hydrogen) atoms. The van der Waals surface area contributed by atoms with Gasteiger partial charge in [0, 0.05) is 12.2 Å². The van der Waals surface area contributed by atoms with E-state index in [9.17, 15) is 4.79 Å². The summed E-state index contributed by atoms with van der Waals surface area (Å²) in [4.78, 5) is 36.4. The molecule has 1 aromatic heterocycles. The fourth-order valence-corrected chi connectivity index (χ4v) is 11.3. The van der Waals surface area contributed by atoms with Crippen molar-refractivity contribution in [3.8, 4) is 11.8 Å². The number of nitriles is 1. The van der Waals surface area contributed by atoms with Gasteiger partial charge in [0.2, 0.25) is 0 Å². The number of rotatable bonds is 29. The van der Waals surface area contributed by atoms with Gasteiger partial charge in [0.25, 0.3) is 0 Å². The van der Waals surface area contributed by atoms with Crippen molar-refractivity contribution in [1.29, 1.82) is 5.26 Å². The molecule has 0 N–H and O–H groups in total. The van der Waals surface area contributed by atoms with Gasteiger partial charge in [-0.05, 0) is 178 Å². The van der Waals surface area contributed by atoms with Gasteiger partial charge in [0.15, 0.2) is 0 Å². The molecule has 4 aromatic carbocycles. The van der Waals surface area contributed by atoms with E-state index in [4.69, 9.17) is 19.5 Å². The van der Waals surface area contributed by atoms with Gasteiger partial charge in [0.1, 0.15) is 43.0 Å². The number of hydrogen-bond donors (Lipinski definition) is 0. The molecular formula is C64H85N9O5. The molecule has 3 atom stereocenters. The second-order valence-corrected chi connectivity index (χ2v) is 22.6. The molecule has 0 radical (unpaired) electrons. The first kappa shape index (κ1) is 61.7. The summed E-state index contributed by atoms with van der Waals surface area (Å²) in [6.07, 6.45) is 6.43. The van der Waals surface area contributed by atoms with Crippen molar-refractivity contribution in [1.82, 2.24) is 4.98 Å². The van der Waals surface area contributed by atoms with E-state index >= 15 is 4.79 Å². The largest absolute Gasteiger partial charge is 0.490 e. The molecule has 0 aliphatic carbocycles. The minimum absolute atomic E-state index is 0.0733. The highest BCUT2D eigenvalue weighted by Crippen LogP contribution is 2.66. The molecule has 0 aliphatic heterocycles. The van der Waals surface area contributed by atoms with Crippen molar-refractivity contribution in [3.63, 3.8) is 0 Å². The lowest BCUT2D eigenvalue weighted by atomic mass is 9.42. The number of aryl methyl sites for hydroxylation is 1. The third kappa shape index (κ3) is 14.9. The molecule has 0 amide bonds. The van der Waals surface area contributed by atoms with Crippen LogP contribution in [0.3, 0.4) is 0 Å². The maximum Gasteiger partial charge on any atom is 0.312 e. The molecule has 14 heteroatoms. The number of nitrogens with zero attached hydrogens (tertiary/aromatic N) is 9. The first-order valence-electron chi connectivity index (χ1n) is 27.8. The van der Waals surface area contributed by atoms with Crippen molar-refractivity contribution in [2.75, 3.05) is 37.8 Å². The molecule has 5 rings (SSSR count). The number of ether oxygens (including phenoxy) is 3. The number of carbonyl (C=O) groups excluding carboxylic acids is 2. The zero-order chi connectivity index (χ0) is 57.2. The normalized spacial score (nSPS) is 14.6. The summed E-state index contributed by atoms with van der Waals surface area (Å²) in [6.45, 7) is 32.0. The van der Waals surface area contributed by atoms with Crippen LogP contribution in [0, 0.1) is 50.7 Å². The van der Waals surface area contributed by atoms with Crippen LogP contribution in [0.4, 0.5) is 39.8 Å². The lowest BCUT2D eigenvalue weighted by molar-refractivity contribution is -0.192. The van der Waals surface area contributed by atoms with Crippen LogP contribution in [0.25, 0.3) is 0 Å². The Balaban J connectivity index is 1.28. The number of pyridine rings is 1. The number of hydrogen-bond acceptors (Lipinski definition) is 14. The average molecular weight is 1060 g/mol. The molecular weight excluding hydrogens is 975 g/mol. The highest BCUT2D eigenvalue weighted by atomic mass is 16.6. The fraction of sp³-hybridized carbons (Fsp3) is 0.500. The fourth-order valence-electron chi connectivity index (χ4n) is 11.3. The second kappa shape index (κ2) is 27.4. The minimum Gasteiger partial charge on any atom is -0.490 e. The lowest BCUT2D eigenvalue weighted by Gasteiger charge is -2.61. The highest BCUT2D eigenvalue weighted by molar-refractivity contribution is 5.79. The molecule has 0 fully saturated rings. The molecule has 0 saturated carbocycles. The quantitative estimate of drug-likeness (QED) is 0.0258. The number of benzene rings is 4. The van der Waals surface area contributed by atoms with E-state index in [1.807, 2.05) is 110 Å². The summed E-state index contributed by atoms with van der Waals surface area (Å²) in [7, 11) is 0. The predicted octanol–water partition coefficient (Wildman–Crippen LogP) is 18.4. The summed E-state index contributed by atoms with van der Waals surface area (Å²) in [5.41, 5.74) is 2.69. The smallest absolute Gasteiger partial charge is 0.312 e. The standard InChI is InChI=1S/C64H85N9O5/c1-15-59(8,9)45-63(14,58(75)78-41-40-76-56-37-34-52(42-47(56)7)71-69-50-28-26-49(27-29-50)68-67-48-24-22-21-23-25-48)64(18-4,19-5)61(12,17-3)46-62(13,60(10,11)16-2)57(74)77-39-38-73(20-6)55-35-32-51(33-36-55)70-72-54-31-30-53(43-65)66-44-54/h21-37,42,44H,15-20,38-41,45-46H2,1-14H3/b68-67+,71-69+,72-70+. The Bertz CT molecular complexity index is 2860. The van der Waals surface area contributed by atoms with Crippen LogP contribution in [-0.4, -0.2) is 49.8 Å². The Morgan fingerprint density at radius 2 is 1.08 bits per heavy atom. The Morgan fingerprint density at radius 1 is 0.564 bits per heavy atom. The molecule has 3 unspecified atom stereocenters. The van der Waals surface area contributed by atoms with Gasteiger partial charge in [-0.15, -0.1) is 5.11 Å². The number of aromatic nitrogens is 1. The molecule has 14 nitrogen and oxygen atoms in total. The highest BCUT2D eigenvalue weighted by Gasteiger charge is 2.64. The number of anilines is 1. The zero-order valence-corrected chi connectivity index (χ0v) is 49.0. The van der Waals surface area contributed by atoms with Gasteiger partial charge < -0.3 is 19.1 Å². The zero-order valence-electron chi connectivity index (χ0n) is 49.0. The Hall–Kier alpha value is -7.14. The molecule has 1 heterocycles. The Morgan fingerprint density at radius 3 is 1.58 bits per heavy atom. The lowest BCUT2D eigenvalue weighted by Crippen LogP contribution is -2.59. The van der Waals surface area contributed by atoms with E-state index in [-0.39, 0.29) is 37.2 Å². The van der Waals surface area contributed by atoms with Crippen LogP contribution in [-0.2, 0) is 19.1 Å². The van der Waals surface area contributed by atoms with Crippen molar-refractivity contribution >= 4 is 51.8 Å². The summed E-state index contributed by atoms with van der Waals surface area (Å²) in [5.74, 6) is 0.201. The SMILES string of the molecule is CCN(CCOC(=O)C(C)(CC(C)(CC)C(CC)(CC)C(C)(CC(C)(C)CC)C(=O)OCCOc1ccc(/N=N/c2ccc(/N=N/c3ccccc3)cc2)cc1C)C(C)(C)CC)c1ccc(/N=N/c2ccc(C#N)nc2)cc1. The third-order valence-electron chi connectivity index (χ3n) is 17.2.